The number of thioether (sulfide) groups is 1. The van der Waals surface area contributed by atoms with E-state index in [1.165, 1.54) is 0 Å². The Balaban J connectivity index is 1.58. The molecule has 1 aromatic carbocycles. The Morgan fingerprint density at radius 3 is 2.16 bits per heavy atom. The van der Waals surface area contributed by atoms with E-state index in [9.17, 15) is 39.6 Å². The Bertz CT molecular complexity index is 1020. The molecule has 5 rings (SSSR count). The molecule has 0 spiro atoms. The fraction of sp³-hybridized carbons (Fsp3) is 0.611. The van der Waals surface area contributed by atoms with E-state index in [2.05, 4.69) is 10.0 Å². The van der Waals surface area contributed by atoms with Crippen molar-refractivity contribution in [2.24, 2.45) is 5.41 Å². The van der Waals surface area contributed by atoms with Crippen LogP contribution in [0.1, 0.15) is 35.2 Å². The molecular formula is C18H19F6N3O3S2. The Labute approximate surface area is 184 Å². The van der Waals surface area contributed by atoms with Gasteiger partial charge in [0.15, 0.2) is 0 Å². The molecule has 1 amide bonds. The Hall–Kier alpha value is -1.67. The van der Waals surface area contributed by atoms with Crippen LogP contribution in [-0.2, 0) is 16.4 Å². The molecule has 6 nitrogen and oxygen atoms in total. The molecule has 4 fully saturated rings. The van der Waals surface area contributed by atoms with Crippen molar-refractivity contribution in [1.82, 2.24) is 9.62 Å². The number of rotatable bonds is 5. The van der Waals surface area contributed by atoms with Crippen LogP contribution in [0.2, 0.25) is 0 Å². The van der Waals surface area contributed by atoms with E-state index in [4.69, 9.17) is 0 Å². The van der Waals surface area contributed by atoms with Gasteiger partial charge in [-0.05, 0) is 37.5 Å². The van der Waals surface area contributed by atoms with Gasteiger partial charge in [0.05, 0.1) is 22.2 Å². The third-order valence-corrected chi connectivity index (χ3v) is 8.62. The zero-order chi connectivity index (χ0) is 23.6. The number of hydrogen-bond donors (Lipinski definition) is 2. The van der Waals surface area contributed by atoms with Crippen molar-refractivity contribution in [3.63, 3.8) is 0 Å². The summed E-state index contributed by atoms with van der Waals surface area (Å²) in [5, 5.41) is 2.40. The van der Waals surface area contributed by atoms with Gasteiger partial charge in [-0.15, -0.1) is 0 Å². The first kappa shape index (κ1) is 23.5. The van der Waals surface area contributed by atoms with Gasteiger partial charge >= 0.3 is 22.6 Å². The topological polar surface area (TPSA) is 78.5 Å². The van der Waals surface area contributed by atoms with Crippen molar-refractivity contribution >= 4 is 33.6 Å². The normalized spacial score (nSPS) is 28.4. The molecule has 3 saturated carbocycles. The molecule has 1 aromatic rings. The van der Waals surface area contributed by atoms with Gasteiger partial charge in [0.1, 0.15) is 0 Å². The summed E-state index contributed by atoms with van der Waals surface area (Å²) in [4.78, 5) is 12.8. The summed E-state index contributed by atoms with van der Waals surface area (Å²) in [6.07, 6.45) is -10.3. The zero-order valence-electron chi connectivity index (χ0n) is 16.4. The number of carbonyl (C=O) groups excluding carboxylic acids is 1. The quantitative estimate of drug-likeness (QED) is 0.602. The maximum atomic E-state index is 13.2. The van der Waals surface area contributed by atoms with E-state index >= 15 is 0 Å². The molecule has 0 unspecified atom stereocenters. The smallest absolute Gasteiger partial charge is 0.346 e. The van der Waals surface area contributed by atoms with Crippen LogP contribution in [0.3, 0.4) is 0 Å². The molecule has 4 aliphatic rings. The number of nitrogens with one attached hydrogen (secondary N) is 2. The van der Waals surface area contributed by atoms with Gasteiger partial charge in [-0.25, -0.2) is 0 Å². The number of carbonyl (C=O) groups is 1. The lowest BCUT2D eigenvalue weighted by molar-refractivity contribution is -0.336. The maximum absolute atomic E-state index is 13.2. The summed E-state index contributed by atoms with van der Waals surface area (Å²) in [6, 6.07) is 1.98. The lowest BCUT2D eigenvalue weighted by atomic mass is 9.39. The molecule has 0 radical (unpaired) electrons. The monoisotopic (exact) mass is 503 g/mol. The first-order valence-corrected chi connectivity index (χ1v) is 12.2. The number of anilines is 1. The average Bonchev–Trinajstić information content (AvgIpc) is 2.62. The van der Waals surface area contributed by atoms with Gasteiger partial charge in [-0.1, -0.05) is 0 Å². The van der Waals surface area contributed by atoms with Crippen molar-refractivity contribution in [3.05, 3.63) is 29.3 Å². The van der Waals surface area contributed by atoms with Gasteiger partial charge in [-0.3, -0.25) is 9.52 Å². The minimum Gasteiger partial charge on any atom is -0.346 e. The molecule has 2 N–H and O–H groups in total. The number of alkyl halides is 6. The highest BCUT2D eigenvalue weighted by atomic mass is 32.2. The molecule has 0 aromatic heterocycles. The molecule has 178 valence electrons. The van der Waals surface area contributed by atoms with Crippen LogP contribution in [0.4, 0.5) is 32.0 Å². The fourth-order valence-corrected chi connectivity index (χ4v) is 6.90. The predicted molar refractivity (Wildman–Crippen MR) is 105 cm³/mol. The van der Waals surface area contributed by atoms with Gasteiger partial charge in [0.2, 0.25) is 0 Å². The van der Waals surface area contributed by atoms with Crippen LogP contribution in [-0.4, -0.2) is 54.9 Å². The Morgan fingerprint density at radius 2 is 1.62 bits per heavy atom. The number of benzene rings is 1. The van der Waals surface area contributed by atoms with E-state index in [0.717, 1.165) is 10.4 Å². The Kier molecular flexibility index (Phi) is 5.45. The Morgan fingerprint density at radius 1 is 1.03 bits per heavy atom. The molecule has 14 heteroatoms. The number of amides is 1. The first-order valence-electron chi connectivity index (χ1n) is 9.63. The van der Waals surface area contributed by atoms with Gasteiger partial charge in [0.25, 0.3) is 5.91 Å². The van der Waals surface area contributed by atoms with Crippen molar-refractivity contribution in [3.8, 4) is 0 Å². The first-order chi connectivity index (χ1) is 14.7. The third kappa shape index (κ3) is 4.04. The lowest BCUT2D eigenvalue weighted by Gasteiger charge is -2.70. The summed E-state index contributed by atoms with van der Waals surface area (Å²) in [5.74, 6) is 0.0358. The van der Waals surface area contributed by atoms with Crippen molar-refractivity contribution < 1.29 is 39.6 Å². The van der Waals surface area contributed by atoms with Crippen molar-refractivity contribution in [2.45, 2.75) is 37.2 Å². The van der Waals surface area contributed by atoms with Gasteiger partial charge in [0, 0.05) is 30.1 Å². The van der Waals surface area contributed by atoms with Crippen LogP contribution in [0.25, 0.3) is 0 Å². The molecule has 0 atom stereocenters. The van der Waals surface area contributed by atoms with Gasteiger partial charge in [-0.2, -0.15) is 50.8 Å². The zero-order valence-corrected chi connectivity index (χ0v) is 18.1. The largest absolute Gasteiger partial charge is 0.416 e. The lowest BCUT2D eigenvalue weighted by Crippen LogP contribution is -2.78. The second-order valence-corrected chi connectivity index (χ2v) is 11.3. The molecule has 1 heterocycles. The number of hydrogen-bond acceptors (Lipinski definition) is 4. The molecule has 1 aliphatic heterocycles. The summed E-state index contributed by atoms with van der Waals surface area (Å²) in [5.41, 5.74) is -5.14. The van der Waals surface area contributed by atoms with Crippen LogP contribution in [0, 0.1) is 5.41 Å². The van der Waals surface area contributed by atoms with Crippen LogP contribution in [0.5, 0.6) is 0 Å². The fourth-order valence-electron chi connectivity index (χ4n) is 4.52. The highest BCUT2D eigenvalue weighted by molar-refractivity contribution is 7.99. The summed E-state index contributed by atoms with van der Waals surface area (Å²) >= 11 is 1.55. The summed E-state index contributed by atoms with van der Waals surface area (Å²) < 4.78 is 107. The molecular weight excluding hydrogens is 484 g/mol. The summed E-state index contributed by atoms with van der Waals surface area (Å²) in [6.45, 7) is 0.398. The van der Waals surface area contributed by atoms with Crippen molar-refractivity contribution in [1.29, 1.82) is 0 Å². The van der Waals surface area contributed by atoms with Crippen LogP contribution >= 0.6 is 11.8 Å². The highest BCUT2D eigenvalue weighted by Crippen LogP contribution is 2.73. The second kappa shape index (κ2) is 7.42. The average molecular weight is 503 g/mol. The molecule has 1 saturated heterocycles. The third-order valence-electron chi connectivity index (χ3n) is 6.15. The SMILES string of the molecule is O=C(NC12CC(C(F)(F)F)(C1)C2)c1cc(C(F)(F)F)ccc1NS(=O)(=O)N1CCSCC1. The number of nitrogens with zero attached hydrogens (tertiary/aromatic N) is 1. The van der Waals surface area contributed by atoms with E-state index in [0.29, 0.717) is 23.6 Å². The second-order valence-electron chi connectivity index (χ2n) is 8.42. The minimum atomic E-state index is -4.80. The van der Waals surface area contributed by atoms with E-state index in [1.54, 1.807) is 11.8 Å². The van der Waals surface area contributed by atoms with Gasteiger partial charge < -0.3 is 5.32 Å². The number of halogens is 6. The van der Waals surface area contributed by atoms with Crippen LogP contribution in [0.15, 0.2) is 18.2 Å². The maximum Gasteiger partial charge on any atom is 0.416 e. The van der Waals surface area contributed by atoms with Crippen LogP contribution < -0.4 is 10.0 Å². The minimum absolute atomic E-state index is 0.199. The molecule has 3 aliphatic carbocycles. The van der Waals surface area contributed by atoms with Crippen molar-refractivity contribution in [2.75, 3.05) is 29.3 Å². The van der Waals surface area contributed by atoms with E-state index in [1.807, 2.05) is 0 Å². The predicted octanol–water partition coefficient (Wildman–Crippen LogP) is 3.63. The molecule has 32 heavy (non-hydrogen) atoms. The van der Waals surface area contributed by atoms with E-state index < -0.39 is 50.5 Å². The van der Waals surface area contributed by atoms with E-state index in [-0.39, 0.29) is 38.0 Å². The standard InChI is InChI=1S/C18H19F6N3O3S2/c19-17(20,21)11-1-2-13(26-32(29,30)27-3-5-31-6-4-27)12(7-11)14(28)25-16-8-15(9-16,10-16)18(22,23)24/h1-2,7,26H,3-6,8-10H2,(H,25,28). The highest BCUT2D eigenvalue weighted by Gasteiger charge is 2.79. The molecule has 2 bridgehead atoms. The summed E-state index contributed by atoms with van der Waals surface area (Å²) in [7, 11) is -4.14.